The molecule has 2 heteroatoms. The second kappa shape index (κ2) is 5.32. The van der Waals surface area contributed by atoms with E-state index in [1.807, 2.05) is 0 Å². The van der Waals surface area contributed by atoms with Gasteiger partial charge in [0.05, 0.1) is 0 Å². The van der Waals surface area contributed by atoms with Crippen molar-refractivity contribution in [2.24, 2.45) is 23.2 Å². The Morgan fingerprint density at radius 2 is 1.83 bits per heavy atom. The van der Waals surface area contributed by atoms with Gasteiger partial charge in [-0.25, -0.2) is 0 Å². The number of rotatable bonds is 2. The van der Waals surface area contributed by atoms with Crippen LogP contribution in [0.25, 0.3) is 0 Å². The average molecular weight is 251 g/mol. The van der Waals surface area contributed by atoms with E-state index < -0.39 is 0 Å². The van der Waals surface area contributed by atoms with Crippen molar-refractivity contribution in [3.8, 4) is 0 Å². The van der Waals surface area contributed by atoms with Crippen molar-refractivity contribution >= 4 is 5.78 Å². The minimum Gasteiger partial charge on any atom is -0.302 e. The van der Waals surface area contributed by atoms with Crippen LogP contribution in [0, 0.1) is 23.2 Å². The molecule has 0 bridgehead atoms. The Morgan fingerprint density at radius 3 is 2.44 bits per heavy atom. The molecule has 1 aliphatic heterocycles. The van der Waals surface area contributed by atoms with Crippen LogP contribution >= 0.6 is 0 Å². The minimum absolute atomic E-state index is 0.297. The number of hydrogen-bond acceptors (Lipinski definition) is 2. The lowest BCUT2D eigenvalue weighted by molar-refractivity contribution is -0.128. The molecule has 0 aromatic heterocycles. The summed E-state index contributed by atoms with van der Waals surface area (Å²) in [5.41, 5.74) is 0.367. The topological polar surface area (TPSA) is 20.3 Å². The molecule has 2 aliphatic rings. The first-order chi connectivity index (χ1) is 8.35. The largest absolute Gasteiger partial charge is 0.302 e. The van der Waals surface area contributed by atoms with Crippen LogP contribution in [-0.4, -0.2) is 30.3 Å². The second-order valence-electron chi connectivity index (χ2n) is 7.70. The van der Waals surface area contributed by atoms with Crippen LogP contribution in [0.15, 0.2) is 0 Å². The van der Waals surface area contributed by atoms with Crippen molar-refractivity contribution in [2.75, 3.05) is 19.6 Å². The summed E-state index contributed by atoms with van der Waals surface area (Å²) in [5.74, 6) is 2.40. The summed E-state index contributed by atoms with van der Waals surface area (Å²) in [5, 5.41) is 0. The summed E-state index contributed by atoms with van der Waals surface area (Å²) < 4.78 is 0. The van der Waals surface area contributed by atoms with E-state index in [1.165, 1.54) is 19.5 Å². The second-order valence-corrected chi connectivity index (χ2v) is 7.70. The Labute approximate surface area is 112 Å². The number of piperidine rings is 1. The van der Waals surface area contributed by atoms with Crippen molar-refractivity contribution in [1.82, 2.24) is 4.90 Å². The maximum atomic E-state index is 12.1. The molecule has 104 valence electrons. The molecule has 0 amide bonds. The standard InChI is InChI=1S/C16H29NO/c1-12-7-13(2)10-17(9-12)11-14-8-16(3,4)6-5-15(14)18/h12-14H,5-11H2,1-4H3. The first-order valence-corrected chi connectivity index (χ1v) is 7.61. The lowest BCUT2D eigenvalue weighted by Crippen LogP contribution is -2.44. The van der Waals surface area contributed by atoms with Gasteiger partial charge < -0.3 is 4.90 Å². The Balaban J connectivity index is 1.93. The smallest absolute Gasteiger partial charge is 0.137 e. The maximum absolute atomic E-state index is 12.1. The van der Waals surface area contributed by atoms with Crippen molar-refractivity contribution in [3.63, 3.8) is 0 Å². The SMILES string of the molecule is CC1CC(C)CN(CC2CC(C)(C)CCC2=O)C1. The highest BCUT2D eigenvalue weighted by molar-refractivity contribution is 5.82. The van der Waals surface area contributed by atoms with Crippen LogP contribution in [0.5, 0.6) is 0 Å². The quantitative estimate of drug-likeness (QED) is 0.750. The third-order valence-electron chi connectivity index (χ3n) is 4.73. The van der Waals surface area contributed by atoms with E-state index in [0.29, 0.717) is 17.1 Å². The Kier molecular flexibility index (Phi) is 4.15. The van der Waals surface area contributed by atoms with Gasteiger partial charge >= 0.3 is 0 Å². The number of likely N-dealkylation sites (tertiary alicyclic amines) is 1. The van der Waals surface area contributed by atoms with Gasteiger partial charge in [-0.2, -0.15) is 0 Å². The predicted molar refractivity (Wildman–Crippen MR) is 75.5 cm³/mol. The predicted octanol–water partition coefficient (Wildman–Crippen LogP) is 3.36. The molecule has 1 saturated carbocycles. The van der Waals surface area contributed by atoms with E-state index in [4.69, 9.17) is 0 Å². The summed E-state index contributed by atoms with van der Waals surface area (Å²) in [6, 6.07) is 0. The molecular weight excluding hydrogens is 222 g/mol. The van der Waals surface area contributed by atoms with E-state index >= 15 is 0 Å². The van der Waals surface area contributed by atoms with E-state index in [9.17, 15) is 4.79 Å². The lowest BCUT2D eigenvalue weighted by Gasteiger charge is -2.40. The van der Waals surface area contributed by atoms with Gasteiger partial charge in [0, 0.05) is 32.0 Å². The van der Waals surface area contributed by atoms with Gasteiger partial charge in [-0.1, -0.05) is 27.7 Å². The molecule has 3 atom stereocenters. The molecular formula is C16H29NO. The summed E-state index contributed by atoms with van der Waals surface area (Å²) in [6.45, 7) is 12.7. The molecule has 0 aromatic carbocycles. The molecule has 0 aromatic rings. The van der Waals surface area contributed by atoms with Crippen molar-refractivity contribution in [3.05, 3.63) is 0 Å². The van der Waals surface area contributed by atoms with Gasteiger partial charge in [0.15, 0.2) is 0 Å². The lowest BCUT2D eigenvalue weighted by atomic mass is 9.71. The molecule has 0 spiro atoms. The van der Waals surface area contributed by atoms with Crippen LogP contribution < -0.4 is 0 Å². The van der Waals surface area contributed by atoms with Gasteiger partial charge in [-0.3, -0.25) is 4.79 Å². The highest BCUT2D eigenvalue weighted by Crippen LogP contribution is 2.37. The third kappa shape index (κ3) is 3.57. The molecule has 2 rings (SSSR count). The van der Waals surface area contributed by atoms with Crippen LogP contribution in [0.4, 0.5) is 0 Å². The zero-order valence-electron chi connectivity index (χ0n) is 12.5. The zero-order valence-corrected chi connectivity index (χ0v) is 12.5. The Bertz CT molecular complexity index is 300. The first kappa shape index (κ1) is 14.0. The van der Waals surface area contributed by atoms with Crippen molar-refractivity contribution < 1.29 is 4.79 Å². The minimum atomic E-state index is 0.297. The number of ketones is 1. The molecule has 2 fully saturated rings. The van der Waals surface area contributed by atoms with Crippen molar-refractivity contribution in [1.29, 1.82) is 0 Å². The summed E-state index contributed by atoms with van der Waals surface area (Å²) >= 11 is 0. The molecule has 18 heavy (non-hydrogen) atoms. The average Bonchev–Trinajstić information content (AvgIpc) is 2.22. The van der Waals surface area contributed by atoms with Crippen LogP contribution in [0.2, 0.25) is 0 Å². The summed E-state index contributed by atoms with van der Waals surface area (Å²) in [6.07, 6.45) is 4.32. The molecule has 1 aliphatic carbocycles. The van der Waals surface area contributed by atoms with E-state index in [0.717, 1.165) is 37.6 Å². The molecule has 1 heterocycles. The number of carbonyl (C=O) groups is 1. The maximum Gasteiger partial charge on any atom is 0.137 e. The number of hydrogen-bond donors (Lipinski definition) is 0. The van der Waals surface area contributed by atoms with Crippen molar-refractivity contribution in [2.45, 2.75) is 53.4 Å². The van der Waals surface area contributed by atoms with E-state index in [-0.39, 0.29) is 0 Å². The molecule has 3 unspecified atom stereocenters. The fraction of sp³-hybridized carbons (Fsp3) is 0.938. The Hall–Kier alpha value is -0.370. The molecule has 0 N–H and O–H groups in total. The van der Waals surface area contributed by atoms with Gasteiger partial charge in [0.1, 0.15) is 5.78 Å². The van der Waals surface area contributed by atoms with Gasteiger partial charge in [0.25, 0.3) is 0 Å². The van der Waals surface area contributed by atoms with E-state index in [1.54, 1.807) is 0 Å². The summed E-state index contributed by atoms with van der Waals surface area (Å²) in [4.78, 5) is 14.6. The normalized spacial score (nSPS) is 37.8. The number of carbonyl (C=O) groups excluding carboxylic acids is 1. The van der Waals surface area contributed by atoms with E-state index in [2.05, 4.69) is 32.6 Å². The highest BCUT2D eigenvalue weighted by atomic mass is 16.1. The summed E-state index contributed by atoms with van der Waals surface area (Å²) in [7, 11) is 0. The van der Waals surface area contributed by atoms with Crippen LogP contribution in [0.3, 0.4) is 0 Å². The molecule has 0 radical (unpaired) electrons. The van der Waals surface area contributed by atoms with Gasteiger partial charge in [-0.05, 0) is 36.5 Å². The monoisotopic (exact) mass is 251 g/mol. The van der Waals surface area contributed by atoms with Gasteiger partial charge in [0.2, 0.25) is 0 Å². The molecule has 2 nitrogen and oxygen atoms in total. The van der Waals surface area contributed by atoms with Gasteiger partial charge in [-0.15, -0.1) is 0 Å². The first-order valence-electron chi connectivity index (χ1n) is 7.61. The highest BCUT2D eigenvalue weighted by Gasteiger charge is 2.35. The fourth-order valence-electron chi connectivity index (χ4n) is 3.97. The van der Waals surface area contributed by atoms with Crippen LogP contribution in [0.1, 0.15) is 53.4 Å². The Morgan fingerprint density at radius 1 is 1.22 bits per heavy atom. The fourth-order valence-corrected chi connectivity index (χ4v) is 3.97. The zero-order chi connectivity index (χ0) is 13.3. The molecule has 1 saturated heterocycles. The number of Topliss-reactive ketones (excluding diaryl/α,β-unsaturated/α-hetero) is 1. The third-order valence-corrected chi connectivity index (χ3v) is 4.73. The number of nitrogens with zero attached hydrogens (tertiary/aromatic N) is 1. The van der Waals surface area contributed by atoms with Crippen LogP contribution in [-0.2, 0) is 4.79 Å².